The summed E-state index contributed by atoms with van der Waals surface area (Å²) in [4.78, 5) is 24.7. The summed E-state index contributed by atoms with van der Waals surface area (Å²) >= 11 is 0. The van der Waals surface area contributed by atoms with Crippen molar-refractivity contribution in [3.63, 3.8) is 0 Å². The van der Waals surface area contributed by atoms with E-state index >= 15 is 0 Å². The van der Waals surface area contributed by atoms with Crippen molar-refractivity contribution >= 4 is 11.9 Å². The van der Waals surface area contributed by atoms with Crippen molar-refractivity contribution in [2.24, 2.45) is 0 Å². The molecular formula is C70H139NO5. The van der Waals surface area contributed by atoms with Crippen LogP contribution in [0.25, 0.3) is 0 Å². The van der Waals surface area contributed by atoms with Crippen LogP contribution < -0.4 is 5.32 Å². The molecule has 0 aliphatic rings. The zero-order valence-corrected chi connectivity index (χ0v) is 52.0. The summed E-state index contributed by atoms with van der Waals surface area (Å²) in [5, 5.41) is 23.4. The summed E-state index contributed by atoms with van der Waals surface area (Å²) in [6.07, 6.45) is 80.0. The first kappa shape index (κ1) is 74.9. The van der Waals surface area contributed by atoms with Gasteiger partial charge in [-0.25, -0.2) is 0 Å². The van der Waals surface area contributed by atoms with E-state index in [1.807, 2.05) is 0 Å². The molecule has 0 rings (SSSR count). The van der Waals surface area contributed by atoms with Crippen molar-refractivity contribution in [2.75, 3.05) is 13.2 Å². The number of unbranched alkanes of at least 4 members (excludes halogenated alkanes) is 56. The number of aliphatic hydroxyl groups is 2. The van der Waals surface area contributed by atoms with Crippen molar-refractivity contribution in [1.29, 1.82) is 0 Å². The van der Waals surface area contributed by atoms with E-state index in [2.05, 4.69) is 19.2 Å². The largest absolute Gasteiger partial charge is 0.466 e. The Kier molecular flexibility index (Phi) is 65.4. The minimum Gasteiger partial charge on any atom is -0.466 e. The Morgan fingerprint density at radius 2 is 0.539 bits per heavy atom. The van der Waals surface area contributed by atoms with Crippen LogP contribution in [0.4, 0.5) is 0 Å². The van der Waals surface area contributed by atoms with Crippen molar-refractivity contribution in [3.8, 4) is 0 Å². The molecule has 0 aromatic heterocycles. The molecular weight excluding hydrogens is 935 g/mol. The third-order valence-electron chi connectivity index (χ3n) is 16.9. The van der Waals surface area contributed by atoms with Crippen molar-refractivity contribution in [1.82, 2.24) is 5.32 Å². The molecule has 2 atom stereocenters. The highest BCUT2D eigenvalue weighted by Crippen LogP contribution is 2.20. The number of hydrogen-bond acceptors (Lipinski definition) is 5. The Hall–Kier alpha value is -1.14. The zero-order valence-electron chi connectivity index (χ0n) is 52.0. The molecule has 76 heavy (non-hydrogen) atoms. The van der Waals surface area contributed by atoms with Gasteiger partial charge in [0.15, 0.2) is 0 Å². The molecule has 6 heteroatoms. The molecule has 454 valence electrons. The summed E-state index contributed by atoms with van der Waals surface area (Å²) in [6.45, 7) is 4.99. The Morgan fingerprint density at radius 3 is 0.803 bits per heavy atom. The van der Waals surface area contributed by atoms with Crippen LogP contribution in [-0.4, -0.2) is 47.4 Å². The molecule has 0 heterocycles. The van der Waals surface area contributed by atoms with E-state index in [1.165, 1.54) is 334 Å². The van der Waals surface area contributed by atoms with E-state index in [0.29, 0.717) is 25.9 Å². The van der Waals surface area contributed by atoms with Gasteiger partial charge in [-0.2, -0.15) is 0 Å². The minimum atomic E-state index is -0.671. The number of carbonyl (C=O) groups excluding carboxylic acids is 2. The van der Waals surface area contributed by atoms with Gasteiger partial charge in [-0.15, -0.1) is 0 Å². The number of ether oxygens (including phenoxy) is 1. The molecule has 6 nitrogen and oxygen atoms in total. The monoisotopic (exact) mass is 1070 g/mol. The van der Waals surface area contributed by atoms with Crippen molar-refractivity contribution < 1.29 is 24.5 Å². The van der Waals surface area contributed by atoms with Crippen LogP contribution in [0.5, 0.6) is 0 Å². The zero-order chi connectivity index (χ0) is 55.0. The Morgan fingerprint density at radius 1 is 0.316 bits per heavy atom. The van der Waals surface area contributed by atoms with Gasteiger partial charge in [-0.3, -0.25) is 9.59 Å². The standard InChI is InChI=1S/C70H139NO5/c1-3-5-7-9-11-13-15-17-19-21-23-24-25-26-27-28-30-31-34-38-42-46-50-54-58-62-68(73)67(66-72)71-69(74)63-59-55-51-47-43-39-35-33-37-41-45-49-53-57-61-65-76-70(75)64-60-56-52-48-44-40-36-32-29-22-20-18-16-14-12-10-8-6-4-2/h67-68,72-73H,3-66H2,1-2H3,(H,71,74). The van der Waals surface area contributed by atoms with Crippen molar-refractivity contribution in [3.05, 3.63) is 0 Å². The number of amides is 1. The fraction of sp³-hybridized carbons (Fsp3) is 0.971. The summed E-state index contributed by atoms with van der Waals surface area (Å²) in [7, 11) is 0. The van der Waals surface area contributed by atoms with Gasteiger partial charge in [0.05, 0.1) is 25.4 Å². The van der Waals surface area contributed by atoms with E-state index in [1.54, 1.807) is 0 Å². The summed E-state index contributed by atoms with van der Waals surface area (Å²) in [5.74, 6) is -0.0297. The van der Waals surface area contributed by atoms with Gasteiger partial charge in [0.1, 0.15) is 0 Å². The maximum absolute atomic E-state index is 12.6. The normalized spacial score (nSPS) is 12.4. The number of carbonyl (C=O) groups is 2. The van der Waals surface area contributed by atoms with Gasteiger partial charge < -0.3 is 20.3 Å². The van der Waals surface area contributed by atoms with Crippen LogP contribution in [0.15, 0.2) is 0 Å². The van der Waals surface area contributed by atoms with E-state index in [0.717, 1.165) is 44.9 Å². The van der Waals surface area contributed by atoms with Crippen LogP contribution in [0.1, 0.15) is 412 Å². The first-order valence-corrected chi connectivity index (χ1v) is 35.3. The van der Waals surface area contributed by atoms with Gasteiger partial charge in [-0.05, 0) is 25.7 Å². The van der Waals surface area contributed by atoms with Gasteiger partial charge in [0.2, 0.25) is 5.91 Å². The molecule has 0 aliphatic carbocycles. The van der Waals surface area contributed by atoms with Crippen LogP contribution in [0, 0.1) is 0 Å². The molecule has 2 unspecified atom stereocenters. The first-order chi connectivity index (χ1) is 37.5. The molecule has 0 aromatic carbocycles. The Balaban J connectivity index is 3.39. The minimum absolute atomic E-state index is 0.00752. The maximum atomic E-state index is 12.6. The van der Waals surface area contributed by atoms with Crippen LogP contribution in [0.3, 0.4) is 0 Å². The lowest BCUT2D eigenvalue weighted by molar-refractivity contribution is -0.143. The van der Waals surface area contributed by atoms with Crippen LogP contribution >= 0.6 is 0 Å². The molecule has 0 radical (unpaired) electrons. The summed E-state index contributed by atoms with van der Waals surface area (Å²) < 4.78 is 5.51. The number of aliphatic hydroxyl groups excluding tert-OH is 2. The first-order valence-electron chi connectivity index (χ1n) is 35.3. The predicted octanol–water partition coefficient (Wildman–Crippen LogP) is 22.6. The predicted molar refractivity (Wildman–Crippen MR) is 334 cm³/mol. The summed E-state index contributed by atoms with van der Waals surface area (Å²) in [5.41, 5.74) is 0. The lowest BCUT2D eigenvalue weighted by Crippen LogP contribution is -2.45. The van der Waals surface area contributed by atoms with E-state index < -0.39 is 12.1 Å². The smallest absolute Gasteiger partial charge is 0.305 e. The molecule has 0 aromatic rings. The average Bonchev–Trinajstić information content (AvgIpc) is 3.42. The number of nitrogens with one attached hydrogen (secondary N) is 1. The molecule has 0 bridgehead atoms. The lowest BCUT2D eigenvalue weighted by Gasteiger charge is -2.22. The SMILES string of the molecule is CCCCCCCCCCCCCCCCCCCCCCCCCCCC(O)C(CO)NC(=O)CCCCCCCCCCCCCCCCCOC(=O)CCCCCCCCCCCCCCCCCCCCC. The Labute approximate surface area is 476 Å². The third-order valence-corrected chi connectivity index (χ3v) is 16.9. The highest BCUT2D eigenvalue weighted by atomic mass is 16.5. The molecule has 1 amide bonds. The second-order valence-electron chi connectivity index (χ2n) is 24.6. The molecule has 3 N–H and O–H groups in total. The number of hydrogen-bond donors (Lipinski definition) is 3. The quantitative estimate of drug-likeness (QED) is 0.0417. The summed E-state index contributed by atoms with van der Waals surface area (Å²) in [6, 6.07) is -0.548. The van der Waals surface area contributed by atoms with E-state index in [-0.39, 0.29) is 18.5 Å². The van der Waals surface area contributed by atoms with Crippen molar-refractivity contribution in [2.45, 2.75) is 424 Å². The highest BCUT2D eigenvalue weighted by Gasteiger charge is 2.20. The fourth-order valence-corrected chi connectivity index (χ4v) is 11.5. The molecule has 0 saturated carbocycles. The van der Waals surface area contributed by atoms with Crippen LogP contribution in [0.2, 0.25) is 0 Å². The average molecular weight is 1070 g/mol. The Bertz CT molecular complexity index is 1100. The fourth-order valence-electron chi connectivity index (χ4n) is 11.5. The highest BCUT2D eigenvalue weighted by molar-refractivity contribution is 5.76. The van der Waals surface area contributed by atoms with Gasteiger partial charge >= 0.3 is 5.97 Å². The number of esters is 1. The number of rotatable bonds is 67. The second kappa shape index (κ2) is 66.4. The molecule has 0 saturated heterocycles. The van der Waals surface area contributed by atoms with Gasteiger partial charge in [0, 0.05) is 12.8 Å². The van der Waals surface area contributed by atoms with Gasteiger partial charge in [-0.1, -0.05) is 373 Å². The molecule has 0 aliphatic heterocycles. The lowest BCUT2D eigenvalue weighted by atomic mass is 10.0. The molecule has 0 fully saturated rings. The van der Waals surface area contributed by atoms with E-state index in [4.69, 9.17) is 4.74 Å². The van der Waals surface area contributed by atoms with E-state index in [9.17, 15) is 19.8 Å². The third kappa shape index (κ3) is 62.1. The topological polar surface area (TPSA) is 95.9 Å². The molecule has 0 spiro atoms. The van der Waals surface area contributed by atoms with Crippen LogP contribution in [-0.2, 0) is 14.3 Å². The second-order valence-corrected chi connectivity index (χ2v) is 24.6. The maximum Gasteiger partial charge on any atom is 0.305 e. The van der Waals surface area contributed by atoms with Gasteiger partial charge in [0.25, 0.3) is 0 Å².